The van der Waals surface area contributed by atoms with Crippen LogP contribution in [0.2, 0.25) is 0 Å². The molecule has 0 heterocycles. The highest BCUT2D eigenvalue weighted by molar-refractivity contribution is 9.10. The van der Waals surface area contributed by atoms with E-state index in [1.165, 1.54) is 0 Å². The second kappa shape index (κ2) is 4.92. The van der Waals surface area contributed by atoms with E-state index in [0.717, 1.165) is 34.0 Å². The Kier molecular flexibility index (Phi) is 3.66. The number of carboxylic acid groups (broad SMARTS) is 1. The lowest BCUT2D eigenvalue weighted by atomic mass is 9.86. The molecule has 1 atom stereocenters. The minimum Gasteiger partial charge on any atom is -0.507 e. The molecule has 98 valence electrons. The van der Waals surface area contributed by atoms with Gasteiger partial charge < -0.3 is 10.2 Å². The van der Waals surface area contributed by atoms with Crippen molar-refractivity contribution in [2.75, 3.05) is 0 Å². The third kappa shape index (κ3) is 2.53. The quantitative estimate of drug-likeness (QED) is 0.890. The number of phenols is 1. The van der Waals surface area contributed by atoms with E-state index in [9.17, 15) is 9.90 Å². The molecule has 0 amide bonds. The summed E-state index contributed by atoms with van der Waals surface area (Å²) in [4.78, 5) is 11.0. The van der Waals surface area contributed by atoms with Crippen LogP contribution in [0.3, 0.4) is 0 Å². The molecule has 1 aromatic rings. The highest BCUT2D eigenvalue weighted by Crippen LogP contribution is 2.49. The van der Waals surface area contributed by atoms with E-state index in [2.05, 4.69) is 15.9 Å². The van der Waals surface area contributed by atoms with Gasteiger partial charge in [-0.25, -0.2) is 0 Å². The SMILES string of the molecule is Cc1cc(Br)c(C)c(O)c1C(CC(=O)O)C1CC1. The van der Waals surface area contributed by atoms with Gasteiger partial charge in [-0.2, -0.15) is 0 Å². The number of carboxylic acids is 1. The average Bonchev–Trinajstić information content (AvgIpc) is 3.08. The molecular weight excluding hydrogens is 296 g/mol. The molecule has 1 aliphatic rings. The molecule has 2 N–H and O–H groups in total. The van der Waals surface area contributed by atoms with Crippen molar-refractivity contribution < 1.29 is 15.0 Å². The summed E-state index contributed by atoms with van der Waals surface area (Å²) >= 11 is 3.41. The number of hydrogen-bond donors (Lipinski definition) is 2. The number of rotatable bonds is 4. The van der Waals surface area contributed by atoms with E-state index >= 15 is 0 Å². The van der Waals surface area contributed by atoms with E-state index in [1.807, 2.05) is 19.9 Å². The largest absolute Gasteiger partial charge is 0.507 e. The summed E-state index contributed by atoms with van der Waals surface area (Å²) in [6.45, 7) is 3.77. The van der Waals surface area contributed by atoms with Crippen LogP contribution in [0.4, 0.5) is 0 Å². The highest BCUT2D eigenvalue weighted by atomic mass is 79.9. The first-order valence-corrected chi connectivity index (χ1v) is 6.91. The normalized spacial score (nSPS) is 16.6. The summed E-state index contributed by atoms with van der Waals surface area (Å²) in [5.74, 6) is -0.202. The van der Waals surface area contributed by atoms with Gasteiger partial charge in [-0.15, -0.1) is 0 Å². The topological polar surface area (TPSA) is 57.5 Å². The Bertz CT molecular complexity index is 492. The number of aliphatic carboxylic acids is 1. The summed E-state index contributed by atoms with van der Waals surface area (Å²) in [5, 5.41) is 19.3. The highest BCUT2D eigenvalue weighted by Gasteiger charge is 2.36. The fraction of sp³-hybridized carbons (Fsp3) is 0.500. The van der Waals surface area contributed by atoms with E-state index in [0.29, 0.717) is 5.92 Å². The molecule has 1 aliphatic carbocycles. The Hall–Kier alpha value is -1.03. The van der Waals surface area contributed by atoms with Crippen molar-refractivity contribution in [2.45, 2.75) is 39.0 Å². The number of phenolic OH excluding ortho intramolecular Hbond substituents is 1. The van der Waals surface area contributed by atoms with E-state index in [4.69, 9.17) is 5.11 Å². The first-order valence-electron chi connectivity index (χ1n) is 6.12. The van der Waals surface area contributed by atoms with Crippen molar-refractivity contribution in [3.8, 4) is 5.75 Å². The van der Waals surface area contributed by atoms with Crippen molar-refractivity contribution in [3.05, 3.63) is 27.2 Å². The molecule has 0 aliphatic heterocycles. The maximum absolute atomic E-state index is 11.0. The van der Waals surface area contributed by atoms with E-state index in [1.54, 1.807) is 0 Å². The minimum atomic E-state index is -0.800. The van der Waals surface area contributed by atoms with Crippen molar-refractivity contribution in [1.82, 2.24) is 0 Å². The summed E-state index contributed by atoms with van der Waals surface area (Å²) in [7, 11) is 0. The number of carbonyl (C=O) groups is 1. The number of halogens is 1. The molecule has 0 bridgehead atoms. The lowest BCUT2D eigenvalue weighted by Crippen LogP contribution is -2.10. The fourth-order valence-electron chi connectivity index (χ4n) is 2.54. The fourth-order valence-corrected chi connectivity index (χ4v) is 3.07. The van der Waals surface area contributed by atoms with Gasteiger partial charge in [-0.3, -0.25) is 4.79 Å². The molecule has 4 heteroatoms. The standard InChI is InChI=1S/C14H17BrO3/c1-7-5-11(15)8(2)14(18)13(7)10(6-12(16)17)9-3-4-9/h5,9-10,18H,3-4,6H2,1-2H3,(H,16,17). The van der Waals surface area contributed by atoms with E-state index < -0.39 is 5.97 Å². The zero-order valence-electron chi connectivity index (χ0n) is 10.5. The van der Waals surface area contributed by atoms with Crippen molar-refractivity contribution in [3.63, 3.8) is 0 Å². The second-order valence-corrected chi connectivity index (χ2v) is 5.96. The molecule has 0 saturated heterocycles. The van der Waals surface area contributed by atoms with Crippen LogP contribution in [0.25, 0.3) is 0 Å². The molecule has 18 heavy (non-hydrogen) atoms. The average molecular weight is 313 g/mol. The van der Waals surface area contributed by atoms with Crippen LogP contribution in [0.5, 0.6) is 5.75 Å². The maximum Gasteiger partial charge on any atom is 0.303 e. The zero-order valence-corrected chi connectivity index (χ0v) is 12.1. The number of aryl methyl sites for hydroxylation is 1. The smallest absolute Gasteiger partial charge is 0.303 e. The van der Waals surface area contributed by atoms with Crippen LogP contribution in [-0.4, -0.2) is 16.2 Å². The summed E-state index contributed by atoms with van der Waals surface area (Å²) < 4.78 is 0.867. The van der Waals surface area contributed by atoms with Crippen LogP contribution in [0, 0.1) is 19.8 Å². The first-order chi connectivity index (χ1) is 8.41. The molecule has 1 fully saturated rings. The summed E-state index contributed by atoms with van der Waals surface area (Å²) in [6.07, 6.45) is 2.22. The molecule has 1 aromatic carbocycles. The van der Waals surface area contributed by atoms with Crippen LogP contribution in [0.1, 0.15) is 41.9 Å². The van der Waals surface area contributed by atoms with Crippen molar-refractivity contribution in [1.29, 1.82) is 0 Å². The Morgan fingerprint density at radius 3 is 2.61 bits per heavy atom. The molecule has 1 unspecified atom stereocenters. The predicted octanol–water partition coefficient (Wildman–Crippen LogP) is 3.74. The van der Waals surface area contributed by atoms with Gasteiger partial charge in [0, 0.05) is 21.5 Å². The van der Waals surface area contributed by atoms with Gasteiger partial charge in [0.1, 0.15) is 5.75 Å². The van der Waals surface area contributed by atoms with Crippen LogP contribution < -0.4 is 0 Å². The third-order valence-electron chi connectivity index (χ3n) is 3.69. The molecular formula is C14H17BrO3. The third-order valence-corrected chi connectivity index (χ3v) is 4.52. The summed E-state index contributed by atoms with van der Waals surface area (Å²) in [5.41, 5.74) is 2.57. The second-order valence-electron chi connectivity index (χ2n) is 5.10. The number of hydrogen-bond acceptors (Lipinski definition) is 2. The molecule has 0 radical (unpaired) electrons. The van der Waals surface area contributed by atoms with E-state index in [-0.39, 0.29) is 18.1 Å². The predicted molar refractivity (Wildman–Crippen MR) is 73.0 cm³/mol. The summed E-state index contributed by atoms with van der Waals surface area (Å²) in [6, 6.07) is 1.96. The lowest BCUT2D eigenvalue weighted by molar-refractivity contribution is -0.137. The van der Waals surface area contributed by atoms with Gasteiger partial charge in [-0.1, -0.05) is 15.9 Å². The molecule has 0 aromatic heterocycles. The maximum atomic E-state index is 11.0. The molecule has 2 rings (SSSR count). The monoisotopic (exact) mass is 312 g/mol. The Labute approximate surface area is 115 Å². The van der Waals surface area contributed by atoms with Crippen LogP contribution in [0.15, 0.2) is 10.5 Å². The van der Waals surface area contributed by atoms with Crippen molar-refractivity contribution in [2.24, 2.45) is 5.92 Å². The molecule has 0 spiro atoms. The van der Waals surface area contributed by atoms with Gasteiger partial charge in [0.2, 0.25) is 0 Å². The Balaban J connectivity index is 2.47. The lowest BCUT2D eigenvalue weighted by Gasteiger charge is -2.20. The minimum absolute atomic E-state index is 0.0608. The van der Waals surface area contributed by atoms with Crippen molar-refractivity contribution >= 4 is 21.9 Å². The Morgan fingerprint density at radius 1 is 1.50 bits per heavy atom. The van der Waals surface area contributed by atoms with Crippen LogP contribution in [-0.2, 0) is 4.79 Å². The van der Waals surface area contributed by atoms with Gasteiger partial charge in [0.15, 0.2) is 0 Å². The first kappa shape index (κ1) is 13.4. The Morgan fingerprint density at radius 2 is 2.11 bits per heavy atom. The van der Waals surface area contributed by atoms with Gasteiger partial charge in [0.25, 0.3) is 0 Å². The number of benzene rings is 1. The molecule has 3 nitrogen and oxygen atoms in total. The van der Waals surface area contributed by atoms with Gasteiger partial charge in [0.05, 0.1) is 6.42 Å². The van der Waals surface area contributed by atoms with Gasteiger partial charge >= 0.3 is 5.97 Å². The zero-order chi connectivity index (χ0) is 13.4. The number of aromatic hydroxyl groups is 1. The molecule has 1 saturated carbocycles. The van der Waals surface area contributed by atoms with Crippen LogP contribution >= 0.6 is 15.9 Å². The van der Waals surface area contributed by atoms with Gasteiger partial charge in [-0.05, 0) is 44.2 Å².